The van der Waals surface area contributed by atoms with Crippen molar-refractivity contribution < 1.29 is 9.90 Å². The zero-order chi connectivity index (χ0) is 15.7. The number of aliphatic imine (C=N–C) groups is 1. The summed E-state index contributed by atoms with van der Waals surface area (Å²) in [5.41, 5.74) is 4.30. The van der Waals surface area contributed by atoms with Gasteiger partial charge in [0.25, 0.3) is 0 Å². The molecular formula is C16H14ClN3O2. The number of halogens is 1. The fourth-order valence-corrected chi connectivity index (χ4v) is 2.61. The van der Waals surface area contributed by atoms with E-state index in [-0.39, 0.29) is 0 Å². The van der Waals surface area contributed by atoms with E-state index in [1.807, 2.05) is 6.92 Å². The van der Waals surface area contributed by atoms with Gasteiger partial charge in [-0.15, -0.1) is 0 Å². The number of hydrogen-bond donors (Lipinski definition) is 2. The van der Waals surface area contributed by atoms with E-state index in [4.69, 9.17) is 16.7 Å². The number of rotatable bonds is 3. The van der Waals surface area contributed by atoms with Crippen LogP contribution in [-0.2, 0) is 11.2 Å². The Labute approximate surface area is 132 Å². The molecule has 6 heteroatoms. The van der Waals surface area contributed by atoms with Crippen molar-refractivity contribution in [2.45, 2.75) is 13.3 Å². The van der Waals surface area contributed by atoms with Gasteiger partial charge < -0.3 is 10.4 Å². The SMILES string of the molecule is Cc1cnc2c(c1)CC(c1cc(NC(=O)CO)ccc1Cl)=N2. The van der Waals surface area contributed by atoms with Gasteiger partial charge in [-0.2, -0.15) is 0 Å². The fraction of sp³-hybridized carbons (Fsp3) is 0.188. The Balaban J connectivity index is 1.93. The average molecular weight is 316 g/mol. The summed E-state index contributed by atoms with van der Waals surface area (Å²) in [4.78, 5) is 20.1. The summed E-state index contributed by atoms with van der Waals surface area (Å²) in [5, 5.41) is 12.0. The molecule has 0 aliphatic carbocycles. The zero-order valence-electron chi connectivity index (χ0n) is 11.9. The summed E-state index contributed by atoms with van der Waals surface area (Å²) < 4.78 is 0. The Hall–Kier alpha value is -2.24. The van der Waals surface area contributed by atoms with Gasteiger partial charge in [0.15, 0.2) is 5.82 Å². The summed E-state index contributed by atoms with van der Waals surface area (Å²) in [6.45, 7) is 1.43. The van der Waals surface area contributed by atoms with E-state index < -0.39 is 12.5 Å². The number of aromatic nitrogens is 1. The molecule has 0 bridgehead atoms. The number of aryl methyl sites for hydroxylation is 1. The average Bonchev–Trinajstić information content (AvgIpc) is 2.91. The van der Waals surface area contributed by atoms with Crippen LogP contribution >= 0.6 is 11.6 Å². The lowest BCUT2D eigenvalue weighted by Crippen LogP contribution is -2.15. The molecule has 2 aromatic rings. The molecule has 1 aromatic heterocycles. The number of carbonyl (C=O) groups excluding carboxylic acids is 1. The topological polar surface area (TPSA) is 74.6 Å². The number of fused-ring (bicyclic) bond motifs is 1. The van der Waals surface area contributed by atoms with Crippen LogP contribution in [0.1, 0.15) is 16.7 Å². The molecule has 22 heavy (non-hydrogen) atoms. The third-order valence-electron chi connectivity index (χ3n) is 3.38. The smallest absolute Gasteiger partial charge is 0.250 e. The van der Waals surface area contributed by atoms with Crippen LogP contribution in [0.2, 0.25) is 5.02 Å². The lowest BCUT2D eigenvalue weighted by molar-refractivity contribution is -0.118. The summed E-state index contributed by atoms with van der Waals surface area (Å²) in [6, 6.07) is 7.20. The Morgan fingerprint density at radius 2 is 2.23 bits per heavy atom. The number of aliphatic hydroxyl groups is 1. The largest absolute Gasteiger partial charge is 0.387 e. The maximum atomic E-state index is 11.3. The Morgan fingerprint density at radius 3 is 3.00 bits per heavy atom. The molecule has 0 fully saturated rings. The minimum atomic E-state index is -0.562. The lowest BCUT2D eigenvalue weighted by atomic mass is 10.0. The highest BCUT2D eigenvalue weighted by atomic mass is 35.5. The number of carbonyl (C=O) groups is 1. The van der Waals surface area contributed by atoms with E-state index >= 15 is 0 Å². The van der Waals surface area contributed by atoms with Crippen molar-refractivity contribution in [3.05, 3.63) is 52.2 Å². The van der Waals surface area contributed by atoms with Gasteiger partial charge in [-0.1, -0.05) is 17.7 Å². The van der Waals surface area contributed by atoms with Gasteiger partial charge in [0, 0.05) is 34.5 Å². The highest BCUT2D eigenvalue weighted by molar-refractivity contribution is 6.34. The summed E-state index contributed by atoms with van der Waals surface area (Å²) in [6.07, 6.45) is 2.44. The van der Waals surface area contributed by atoms with Crippen molar-refractivity contribution >= 4 is 34.7 Å². The third-order valence-corrected chi connectivity index (χ3v) is 3.71. The minimum Gasteiger partial charge on any atom is -0.387 e. The zero-order valence-corrected chi connectivity index (χ0v) is 12.7. The molecule has 0 radical (unpaired) electrons. The number of aliphatic hydroxyl groups excluding tert-OH is 1. The standard InChI is InChI=1S/C16H14ClN3O2/c1-9-4-10-5-14(20-16(10)18-7-9)12-6-11(2-3-13(12)17)19-15(22)8-21/h2-4,6-7,21H,5,8H2,1H3,(H,19,22). The van der Waals surface area contributed by atoms with Crippen molar-refractivity contribution in [2.75, 3.05) is 11.9 Å². The van der Waals surface area contributed by atoms with Crippen molar-refractivity contribution in [2.24, 2.45) is 4.99 Å². The molecular weight excluding hydrogens is 302 g/mol. The highest BCUT2D eigenvalue weighted by Crippen LogP contribution is 2.31. The van der Waals surface area contributed by atoms with Crippen LogP contribution < -0.4 is 5.32 Å². The van der Waals surface area contributed by atoms with Crippen LogP contribution in [-0.4, -0.2) is 28.3 Å². The first kappa shape index (κ1) is 14.7. The van der Waals surface area contributed by atoms with Crippen LogP contribution in [0.5, 0.6) is 0 Å². The molecule has 1 aromatic carbocycles. The van der Waals surface area contributed by atoms with E-state index in [2.05, 4.69) is 21.4 Å². The molecule has 0 spiro atoms. The first-order valence-corrected chi connectivity index (χ1v) is 7.18. The minimum absolute atomic E-state index is 0.470. The maximum absolute atomic E-state index is 11.3. The number of benzene rings is 1. The number of anilines is 1. The van der Waals surface area contributed by atoms with Crippen molar-refractivity contribution in [1.29, 1.82) is 0 Å². The molecule has 0 unspecified atom stereocenters. The number of pyridine rings is 1. The quantitative estimate of drug-likeness (QED) is 0.914. The highest BCUT2D eigenvalue weighted by Gasteiger charge is 2.19. The van der Waals surface area contributed by atoms with E-state index in [0.29, 0.717) is 22.9 Å². The van der Waals surface area contributed by atoms with Crippen LogP contribution in [0.25, 0.3) is 0 Å². The molecule has 1 aliphatic heterocycles. The molecule has 1 aliphatic rings. The fourth-order valence-electron chi connectivity index (χ4n) is 2.38. The van der Waals surface area contributed by atoms with Crippen molar-refractivity contribution in [3.63, 3.8) is 0 Å². The summed E-state index contributed by atoms with van der Waals surface area (Å²) >= 11 is 6.26. The number of hydrogen-bond acceptors (Lipinski definition) is 4. The maximum Gasteiger partial charge on any atom is 0.250 e. The van der Waals surface area contributed by atoms with E-state index in [9.17, 15) is 4.79 Å². The molecule has 2 heterocycles. The summed E-state index contributed by atoms with van der Waals surface area (Å²) in [7, 11) is 0. The number of nitrogens with one attached hydrogen (secondary N) is 1. The normalized spacial score (nSPS) is 12.8. The predicted octanol–water partition coefficient (Wildman–Crippen LogP) is 2.65. The van der Waals surface area contributed by atoms with E-state index in [0.717, 1.165) is 22.4 Å². The van der Waals surface area contributed by atoms with Gasteiger partial charge in [-0.05, 0) is 30.7 Å². The van der Waals surface area contributed by atoms with Crippen LogP contribution in [0.4, 0.5) is 11.5 Å². The second-order valence-electron chi connectivity index (χ2n) is 5.13. The van der Waals surface area contributed by atoms with E-state index in [1.54, 1.807) is 24.4 Å². The van der Waals surface area contributed by atoms with Gasteiger partial charge >= 0.3 is 0 Å². The molecule has 2 N–H and O–H groups in total. The first-order chi connectivity index (χ1) is 10.6. The van der Waals surface area contributed by atoms with Crippen LogP contribution in [0.15, 0.2) is 35.5 Å². The van der Waals surface area contributed by atoms with Gasteiger partial charge in [0.05, 0.1) is 5.71 Å². The molecule has 0 saturated carbocycles. The van der Waals surface area contributed by atoms with Crippen LogP contribution in [0, 0.1) is 6.92 Å². The third kappa shape index (κ3) is 2.86. The second-order valence-corrected chi connectivity index (χ2v) is 5.54. The van der Waals surface area contributed by atoms with Gasteiger partial charge in [-0.3, -0.25) is 4.79 Å². The molecule has 3 rings (SSSR count). The Morgan fingerprint density at radius 1 is 1.41 bits per heavy atom. The van der Waals surface area contributed by atoms with Crippen LogP contribution in [0.3, 0.4) is 0 Å². The van der Waals surface area contributed by atoms with Crippen molar-refractivity contribution in [1.82, 2.24) is 4.98 Å². The molecule has 112 valence electrons. The van der Waals surface area contributed by atoms with Crippen molar-refractivity contribution in [3.8, 4) is 0 Å². The van der Waals surface area contributed by atoms with E-state index in [1.165, 1.54) is 0 Å². The Kier molecular flexibility index (Phi) is 3.92. The molecule has 5 nitrogen and oxygen atoms in total. The first-order valence-electron chi connectivity index (χ1n) is 6.80. The molecule has 1 amide bonds. The predicted molar refractivity (Wildman–Crippen MR) is 86.0 cm³/mol. The van der Waals surface area contributed by atoms with Gasteiger partial charge in [0.1, 0.15) is 6.61 Å². The second kappa shape index (κ2) is 5.87. The monoisotopic (exact) mass is 315 g/mol. The number of amides is 1. The molecule has 0 atom stereocenters. The number of nitrogens with zero attached hydrogens (tertiary/aromatic N) is 2. The summed E-state index contributed by atoms with van der Waals surface area (Å²) in [5.74, 6) is 0.240. The lowest BCUT2D eigenvalue weighted by Gasteiger charge is -2.08. The molecule has 0 saturated heterocycles. The van der Waals surface area contributed by atoms with Gasteiger partial charge in [-0.25, -0.2) is 9.98 Å². The Bertz CT molecular complexity index is 787. The van der Waals surface area contributed by atoms with Gasteiger partial charge in [0.2, 0.25) is 5.91 Å².